The zero-order valence-corrected chi connectivity index (χ0v) is 13.4. The summed E-state index contributed by atoms with van der Waals surface area (Å²) in [5.41, 5.74) is 1.00. The maximum Gasteiger partial charge on any atom is 0.339 e. The summed E-state index contributed by atoms with van der Waals surface area (Å²) in [7, 11) is 0. The van der Waals surface area contributed by atoms with E-state index in [1.165, 1.54) is 0 Å². The Morgan fingerprint density at radius 3 is 2.54 bits per heavy atom. The third-order valence-corrected chi connectivity index (χ3v) is 4.70. The summed E-state index contributed by atoms with van der Waals surface area (Å²) >= 11 is 0. The standard InChI is InChI=1S/C19H19NO4/c21-18(14-6-7-16-17(12-14)23-13-22-16)24-19(8-10-20-11-9-19)15-4-2-1-3-5-15/h1-7,12,20H,8-11,13H2/p+1. The third-order valence-electron chi connectivity index (χ3n) is 4.70. The minimum Gasteiger partial charge on any atom is -0.454 e. The van der Waals surface area contributed by atoms with Gasteiger partial charge in [-0.15, -0.1) is 0 Å². The number of carbonyl (C=O) groups is 1. The molecule has 0 radical (unpaired) electrons. The summed E-state index contributed by atoms with van der Waals surface area (Å²) in [5.74, 6) is 0.936. The van der Waals surface area contributed by atoms with Crippen LogP contribution in [0.2, 0.25) is 0 Å². The van der Waals surface area contributed by atoms with Crippen LogP contribution in [0.1, 0.15) is 28.8 Å². The first-order valence-corrected chi connectivity index (χ1v) is 8.27. The average molecular weight is 326 g/mol. The van der Waals surface area contributed by atoms with E-state index in [1.807, 2.05) is 30.3 Å². The summed E-state index contributed by atoms with van der Waals surface area (Å²) in [6, 6.07) is 15.2. The van der Waals surface area contributed by atoms with E-state index >= 15 is 0 Å². The van der Waals surface area contributed by atoms with E-state index in [0.717, 1.165) is 31.5 Å². The van der Waals surface area contributed by atoms with Gasteiger partial charge in [-0.25, -0.2) is 4.79 Å². The quantitative estimate of drug-likeness (QED) is 0.874. The van der Waals surface area contributed by atoms with Crippen LogP contribution in [0.25, 0.3) is 0 Å². The number of nitrogens with two attached hydrogens (primary N) is 1. The molecule has 0 atom stereocenters. The lowest BCUT2D eigenvalue weighted by Gasteiger charge is -2.36. The molecule has 2 aromatic carbocycles. The van der Waals surface area contributed by atoms with Gasteiger partial charge >= 0.3 is 5.97 Å². The van der Waals surface area contributed by atoms with Crippen LogP contribution < -0.4 is 14.8 Å². The van der Waals surface area contributed by atoms with E-state index in [-0.39, 0.29) is 12.8 Å². The summed E-state index contributed by atoms with van der Waals surface area (Å²) in [5, 5.41) is 2.26. The fourth-order valence-corrected chi connectivity index (χ4v) is 3.39. The van der Waals surface area contributed by atoms with Gasteiger partial charge in [-0.3, -0.25) is 0 Å². The normalized spacial score (nSPS) is 18.2. The smallest absolute Gasteiger partial charge is 0.339 e. The number of hydrogen-bond acceptors (Lipinski definition) is 4. The van der Waals surface area contributed by atoms with Crippen LogP contribution in [0.3, 0.4) is 0 Å². The predicted octanol–water partition coefficient (Wildman–Crippen LogP) is 1.82. The van der Waals surface area contributed by atoms with Crippen molar-refractivity contribution in [3.8, 4) is 11.5 Å². The molecule has 5 nitrogen and oxygen atoms in total. The highest BCUT2D eigenvalue weighted by atomic mass is 16.7. The fraction of sp³-hybridized carbons (Fsp3) is 0.316. The number of ether oxygens (including phenoxy) is 3. The second kappa shape index (κ2) is 6.17. The van der Waals surface area contributed by atoms with Crippen molar-refractivity contribution in [1.29, 1.82) is 0 Å². The number of esters is 1. The molecule has 2 heterocycles. The number of benzene rings is 2. The number of rotatable bonds is 3. The van der Waals surface area contributed by atoms with E-state index in [4.69, 9.17) is 14.2 Å². The molecular formula is C19H20NO4+. The van der Waals surface area contributed by atoms with Gasteiger partial charge in [0.25, 0.3) is 0 Å². The van der Waals surface area contributed by atoms with Gasteiger partial charge in [-0.1, -0.05) is 30.3 Å². The largest absolute Gasteiger partial charge is 0.454 e. The highest BCUT2D eigenvalue weighted by Crippen LogP contribution is 2.36. The van der Waals surface area contributed by atoms with Gasteiger partial charge < -0.3 is 19.5 Å². The van der Waals surface area contributed by atoms with Gasteiger partial charge in [0.15, 0.2) is 11.5 Å². The first-order valence-electron chi connectivity index (χ1n) is 8.27. The Labute approximate surface area is 140 Å². The van der Waals surface area contributed by atoms with Crippen LogP contribution in [0.15, 0.2) is 48.5 Å². The Bertz CT molecular complexity index is 738. The topological polar surface area (TPSA) is 61.4 Å². The molecule has 1 saturated heterocycles. The van der Waals surface area contributed by atoms with Crippen molar-refractivity contribution >= 4 is 5.97 Å². The fourth-order valence-electron chi connectivity index (χ4n) is 3.39. The second-order valence-electron chi connectivity index (χ2n) is 6.18. The molecule has 0 amide bonds. The lowest BCUT2D eigenvalue weighted by atomic mass is 9.84. The maximum atomic E-state index is 12.8. The van der Waals surface area contributed by atoms with Crippen LogP contribution in [0.5, 0.6) is 11.5 Å². The van der Waals surface area contributed by atoms with E-state index in [2.05, 4.69) is 5.32 Å². The monoisotopic (exact) mass is 326 g/mol. The molecule has 0 bridgehead atoms. The first kappa shape index (κ1) is 15.0. The molecule has 24 heavy (non-hydrogen) atoms. The van der Waals surface area contributed by atoms with Crippen molar-refractivity contribution in [3.05, 3.63) is 59.7 Å². The van der Waals surface area contributed by atoms with Gasteiger partial charge in [0.2, 0.25) is 6.79 Å². The molecule has 2 N–H and O–H groups in total. The molecular weight excluding hydrogens is 306 g/mol. The zero-order valence-electron chi connectivity index (χ0n) is 13.4. The molecule has 0 spiro atoms. The second-order valence-corrected chi connectivity index (χ2v) is 6.18. The van der Waals surface area contributed by atoms with Crippen LogP contribution in [0, 0.1) is 0 Å². The molecule has 1 fully saturated rings. The molecule has 2 aliphatic heterocycles. The molecule has 5 heteroatoms. The van der Waals surface area contributed by atoms with Gasteiger partial charge in [0.05, 0.1) is 18.7 Å². The van der Waals surface area contributed by atoms with E-state index in [9.17, 15) is 4.79 Å². The van der Waals surface area contributed by atoms with Gasteiger partial charge in [-0.05, 0) is 23.8 Å². The first-order chi connectivity index (χ1) is 11.8. The minimum atomic E-state index is -0.552. The predicted molar refractivity (Wildman–Crippen MR) is 87.0 cm³/mol. The number of carbonyl (C=O) groups excluding carboxylic acids is 1. The van der Waals surface area contributed by atoms with Crippen molar-refractivity contribution < 1.29 is 24.3 Å². The van der Waals surface area contributed by atoms with E-state index < -0.39 is 5.60 Å². The summed E-state index contributed by atoms with van der Waals surface area (Å²) in [4.78, 5) is 12.8. The molecule has 2 aromatic rings. The SMILES string of the molecule is O=C(OC1(c2ccccc2)CC[NH2+]CC1)c1ccc2c(c1)OCO2. The third kappa shape index (κ3) is 2.71. The Balaban J connectivity index is 1.62. The van der Waals surface area contributed by atoms with Gasteiger partial charge in [0.1, 0.15) is 5.60 Å². The van der Waals surface area contributed by atoms with E-state index in [1.54, 1.807) is 18.2 Å². The molecule has 4 rings (SSSR count). The van der Waals surface area contributed by atoms with Crippen LogP contribution >= 0.6 is 0 Å². The summed E-state index contributed by atoms with van der Waals surface area (Å²) < 4.78 is 16.7. The summed E-state index contributed by atoms with van der Waals surface area (Å²) in [6.45, 7) is 2.09. The molecule has 0 aliphatic carbocycles. The van der Waals surface area contributed by atoms with Crippen LogP contribution in [0.4, 0.5) is 0 Å². The van der Waals surface area contributed by atoms with Crippen molar-refractivity contribution in [2.24, 2.45) is 0 Å². The molecule has 124 valence electrons. The van der Waals surface area contributed by atoms with Crippen molar-refractivity contribution in [1.82, 2.24) is 0 Å². The van der Waals surface area contributed by atoms with Gasteiger partial charge in [-0.2, -0.15) is 0 Å². The summed E-state index contributed by atoms with van der Waals surface area (Å²) in [6.07, 6.45) is 1.63. The Morgan fingerprint density at radius 1 is 1.00 bits per heavy atom. The van der Waals surface area contributed by atoms with E-state index in [0.29, 0.717) is 17.1 Å². The van der Waals surface area contributed by atoms with Gasteiger partial charge in [0, 0.05) is 12.8 Å². The average Bonchev–Trinajstić information content (AvgIpc) is 3.11. The van der Waals surface area contributed by atoms with Crippen molar-refractivity contribution in [2.45, 2.75) is 18.4 Å². The number of quaternary nitrogens is 1. The van der Waals surface area contributed by atoms with Crippen molar-refractivity contribution in [3.63, 3.8) is 0 Å². The molecule has 0 saturated carbocycles. The highest BCUT2D eigenvalue weighted by molar-refractivity contribution is 5.90. The Morgan fingerprint density at radius 2 is 1.75 bits per heavy atom. The lowest BCUT2D eigenvalue weighted by Crippen LogP contribution is -2.87. The number of fused-ring (bicyclic) bond motifs is 1. The minimum absolute atomic E-state index is 0.192. The number of hydrogen-bond donors (Lipinski definition) is 1. The Kier molecular flexibility index (Phi) is 3.86. The molecule has 0 aromatic heterocycles. The lowest BCUT2D eigenvalue weighted by molar-refractivity contribution is -0.668. The zero-order chi connectivity index (χ0) is 16.4. The van der Waals surface area contributed by atoms with Crippen molar-refractivity contribution in [2.75, 3.05) is 19.9 Å². The molecule has 2 aliphatic rings. The molecule has 0 unspecified atom stereocenters. The van der Waals surface area contributed by atoms with Crippen LogP contribution in [-0.2, 0) is 10.3 Å². The van der Waals surface area contributed by atoms with Crippen LogP contribution in [-0.4, -0.2) is 25.9 Å². The Hall–Kier alpha value is -2.53. The number of piperidine rings is 1. The maximum absolute atomic E-state index is 12.8. The highest BCUT2D eigenvalue weighted by Gasteiger charge is 2.39.